The summed E-state index contributed by atoms with van der Waals surface area (Å²) in [7, 11) is 2.11. The molecule has 3 rings (SSSR count). The summed E-state index contributed by atoms with van der Waals surface area (Å²) in [5, 5.41) is 15.7. The van der Waals surface area contributed by atoms with Crippen molar-refractivity contribution in [3.8, 4) is 0 Å². The predicted octanol–water partition coefficient (Wildman–Crippen LogP) is 2.27. The summed E-state index contributed by atoms with van der Waals surface area (Å²) < 4.78 is 1.78. The fourth-order valence-corrected chi connectivity index (χ4v) is 4.41. The van der Waals surface area contributed by atoms with E-state index < -0.39 is 6.10 Å². The highest BCUT2D eigenvalue weighted by atomic mass is 32.1. The van der Waals surface area contributed by atoms with E-state index in [9.17, 15) is 5.11 Å². The van der Waals surface area contributed by atoms with Crippen molar-refractivity contribution in [1.29, 1.82) is 0 Å². The molecule has 0 saturated heterocycles. The summed E-state index contributed by atoms with van der Waals surface area (Å²) in [6.07, 6.45) is 7.68. The van der Waals surface area contributed by atoms with E-state index in [0.717, 1.165) is 19.3 Å². The second kappa shape index (κ2) is 6.89. The van der Waals surface area contributed by atoms with E-state index in [-0.39, 0.29) is 0 Å². The molecule has 0 saturated carbocycles. The largest absolute Gasteiger partial charge is 0.390 e. The summed E-state index contributed by atoms with van der Waals surface area (Å²) in [6, 6.07) is 2.28. The van der Waals surface area contributed by atoms with E-state index in [1.807, 2.05) is 23.6 Å². The van der Waals surface area contributed by atoms with Gasteiger partial charge in [-0.15, -0.1) is 11.3 Å². The van der Waals surface area contributed by atoms with Gasteiger partial charge < -0.3 is 5.11 Å². The fourth-order valence-electron chi connectivity index (χ4n) is 3.16. The van der Waals surface area contributed by atoms with Gasteiger partial charge in [0.1, 0.15) is 0 Å². The summed E-state index contributed by atoms with van der Waals surface area (Å²) in [4.78, 5) is 8.45. The number of nitrogens with zero attached hydrogens (tertiary/aromatic N) is 4. The van der Waals surface area contributed by atoms with Crippen LogP contribution in [0.4, 0.5) is 0 Å². The highest BCUT2D eigenvalue weighted by Gasteiger charge is 2.28. The van der Waals surface area contributed by atoms with Gasteiger partial charge in [0.25, 0.3) is 0 Å². The van der Waals surface area contributed by atoms with Crippen LogP contribution >= 0.6 is 11.3 Å². The number of aromatic nitrogens is 3. The van der Waals surface area contributed by atoms with Crippen molar-refractivity contribution in [3.05, 3.63) is 34.0 Å². The molecule has 6 heteroatoms. The molecule has 0 spiro atoms. The van der Waals surface area contributed by atoms with E-state index in [2.05, 4.69) is 24.0 Å². The first kappa shape index (κ1) is 15.6. The lowest BCUT2D eigenvalue weighted by atomic mass is 9.97. The Hall–Kier alpha value is -1.24. The average Bonchev–Trinajstić information content (AvgIpc) is 3.14. The van der Waals surface area contributed by atoms with Gasteiger partial charge in [0.05, 0.1) is 23.4 Å². The van der Waals surface area contributed by atoms with Crippen LogP contribution in [0.1, 0.15) is 41.4 Å². The molecule has 0 unspecified atom stereocenters. The topological polar surface area (TPSA) is 54.2 Å². The van der Waals surface area contributed by atoms with Crippen LogP contribution in [0.25, 0.3) is 0 Å². The van der Waals surface area contributed by atoms with Crippen molar-refractivity contribution < 1.29 is 5.11 Å². The Balaban J connectivity index is 1.65. The van der Waals surface area contributed by atoms with E-state index >= 15 is 0 Å². The van der Waals surface area contributed by atoms with Crippen LogP contribution in [-0.4, -0.2) is 44.5 Å². The molecular formula is C16H24N4OS. The van der Waals surface area contributed by atoms with Crippen LogP contribution in [-0.2, 0) is 19.4 Å². The Kier molecular flexibility index (Phi) is 4.90. The molecule has 5 nitrogen and oxygen atoms in total. The van der Waals surface area contributed by atoms with Crippen molar-refractivity contribution in [3.63, 3.8) is 0 Å². The van der Waals surface area contributed by atoms with Gasteiger partial charge in [-0.05, 0) is 38.8 Å². The zero-order chi connectivity index (χ0) is 15.5. The third-order valence-corrected chi connectivity index (χ3v) is 5.60. The molecule has 2 aromatic rings. The molecule has 0 aliphatic heterocycles. The molecule has 120 valence electrons. The van der Waals surface area contributed by atoms with Crippen molar-refractivity contribution in [2.24, 2.45) is 0 Å². The third kappa shape index (κ3) is 3.39. The minimum atomic E-state index is -0.408. The zero-order valence-corrected chi connectivity index (χ0v) is 14.1. The molecule has 1 N–H and O–H groups in total. The maximum Gasteiger partial charge on any atom is 0.0928 e. The number of aryl methyl sites for hydroxylation is 2. The molecule has 1 aliphatic carbocycles. The van der Waals surface area contributed by atoms with Gasteiger partial charge in [-0.3, -0.25) is 9.58 Å². The first-order valence-electron chi connectivity index (χ1n) is 8.01. The van der Waals surface area contributed by atoms with E-state index in [1.54, 1.807) is 10.9 Å². The highest BCUT2D eigenvalue weighted by molar-refractivity contribution is 7.11. The quantitative estimate of drug-likeness (QED) is 0.887. The van der Waals surface area contributed by atoms with Gasteiger partial charge in [0.15, 0.2) is 0 Å². The Morgan fingerprint density at radius 1 is 1.55 bits per heavy atom. The predicted molar refractivity (Wildman–Crippen MR) is 88.0 cm³/mol. The molecule has 2 aromatic heterocycles. The standard InChI is InChI=1S/C16H24N4OS/c1-3-15-18-13-6-4-7-14(16(13)22-15)19(2)10-12(21)11-20-9-5-8-17-20/h5,8-9,12,14,21H,3-4,6-7,10-11H2,1-2H3/t12-,14+/m0/s1. The third-order valence-electron chi connectivity index (χ3n) is 4.26. The number of hydrogen-bond acceptors (Lipinski definition) is 5. The SMILES string of the molecule is CCc1nc2c(s1)[C@H](N(C)C[C@H](O)Cn1cccn1)CCC2. The maximum absolute atomic E-state index is 10.3. The number of thiazole rings is 1. The fraction of sp³-hybridized carbons (Fsp3) is 0.625. The minimum Gasteiger partial charge on any atom is -0.390 e. The van der Waals surface area contributed by atoms with Crippen LogP contribution in [0.15, 0.2) is 18.5 Å². The Bertz CT molecular complexity index is 595. The normalized spacial score (nSPS) is 19.4. The second-order valence-electron chi connectivity index (χ2n) is 6.00. The van der Waals surface area contributed by atoms with Gasteiger partial charge in [-0.1, -0.05) is 6.92 Å². The van der Waals surface area contributed by atoms with Crippen LogP contribution in [0.5, 0.6) is 0 Å². The number of aliphatic hydroxyl groups excluding tert-OH is 1. The maximum atomic E-state index is 10.3. The van der Waals surface area contributed by atoms with E-state index in [4.69, 9.17) is 4.98 Å². The summed E-state index contributed by atoms with van der Waals surface area (Å²) in [5.41, 5.74) is 1.28. The highest BCUT2D eigenvalue weighted by Crippen LogP contribution is 2.37. The number of fused-ring (bicyclic) bond motifs is 1. The summed E-state index contributed by atoms with van der Waals surface area (Å²) in [6.45, 7) is 3.36. The number of likely N-dealkylation sites (N-methyl/N-ethyl adjacent to an activating group) is 1. The number of hydrogen-bond donors (Lipinski definition) is 1. The lowest BCUT2D eigenvalue weighted by molar-refractivity contribution is 0.0838. The van der Waals surface area contributed by atoms with Gasteiger partial charge in [0.2, 0.25) is 0 Å². The average molecular weight is 320 g/mol. The molecule has 0 amide bonds. The number of rotatable bonds is 6. The Morgan fingerprint density at radius 2 is 2.41 bits per heavy atom. The van der Waals surface area contributed by atoms with Gasteiger partial charge in [-0.25, -0.2) is 4.98 Å². The van der Waals surface area contributed by atoms with Crippen LogP contribution < -0.4 is 0 Å². The van der Waals surface area contributed by atoms with Crippen LogP contribution in [0, 0.1) is 0 Å². The molecule has 0 fully saturated rings. The Morgan fingerprint density at radius 3 is 3.14 bits per heavy atom. The second-order valence-corrected chi connectivity index (χ2v) is 7.12. The molecule has 0 aromatic carbocycles. The molecule has 2 atom stereocenters. The first-order valence-corrected chi connectivity index (χ1v) is 8.83. The monoisotopic (exact) mass is 320 g/mol. The molecule has 0 bridgehead atoms. The summed E-state index contributed by atoms with van der Waals surface area (Å²) in [5.74, 6) is 0. The minimum absolute atomic E-state index is 0.397. The van der Waals surface area contributed by atoms with E-state index in [1.165, 1.54) is 22.0 Å². The van der Waals surface area contributed by atoms with Crippen LogP contribution in [0.3, 0.4) is 0 Å². The van der Waals surface area contributed by atoms with Gasteiger partial charge in [0, 0.05) is 29.9 Å². The number of aliphatic hydroxyl groups is 1. The molecular weight excluding hydrogens is 296 g/mol. The smallest absolute Gasteiger partial charge is 0.0928 e. The first-order chi connectivity index (χ1) is 10.7. The lowest BCUT2D eigenvalue weighted by Crippen LogP contribution is -2.35. The van der Waals surface area contributed by atoms with Gasteiger partial charge in [-0.2, -0.15) is 5.10 Å². The lowest BCUT2D eigenvalue weighted by Gasteiger charge is -2.32. The summed E-state index contributed by atoms with van der Waals surface area (Å²) >= 11 is 1.85. The van der Waals surface area contributed by atoms with Crippen LogP contribution in [0.2, 0.25) is 0 Å². The van der Waals surface area contributed by atoms with Crippen molar-refractivity contribution in [2.75, 3.05) is 13.6 Å². The van der Waals surface area contributed by atoms with E-state index in [0.29, 0.717) is 19.1 Å². The van der Waals surface area contributed by atoms with Gasteiger partial charge >= 0.3 is 0 Å². The van der Waals surface area contributed by atoms with Crippen molar-refractivity contribution in [1.82, 2.24) is 19.7 Å². The molecule has 2 heterocycles. The molecule has 1 aliphatic rings. The zero-order valence-electron chi connectivity index (χ0n) is 13.3. The van der Waals surface area contributed by atoms with Crippen molar-refractivity contribution in [2.45, 2.75) is 51.3 Å². The molecule has 0 radical (unpaired) electrons. The Labute approximate surface area is 135 Å². The molecule has 22 heavy (non-hydrogen) atoms. The van der Waals surface area contributed by atoms with Crippen molar-refractivity contribution >= 4 is 11.3 Å².